The molecule has 102 valence electrons. The fraction of sp³-hybridized carbons (Fsp3) is 0.364. The summed E-state index contributed by atoms with van der Waals surface area (Å²) < 4.78 is 36.9. The van der Waals surface area contributed by atoms with Gasteiger partial charge in [-0.3, -0.25) is 4.79 Å². The summed E-state index contributed by atoms with van der Waals surface area (Å²) in [6.07, 6.45) is -3.46. The van der Waals surface area contributed by atoms with Crippen molar-refractivity contribution < 1.29 is 23.1 Å². The van der Waals surface area contributed by atoms with Crippen LogP contribution in [0.4, 0.5) is 13.2 Å². The Kier molecular flexibility index (Phi) is 4.83. The van der Waals surface area contributed by atoms with E-state index >= 15 is 0 Å². The maximum atomic E-state index is 12.3. The highest BCUT2D eigenvalue weighted by Gasteiger charge is 2.33. The van der Waals surface area contributed by atoms with Gasteiger partial charge in [-0.05, 0) is 12.1 Å². The van der Waals surface area contributed by atoms with E-state index in [0.29, 0.717) is 4.90 Å². The molecule has 1 aromatic heterocycles. The van der Waals surface area contributed by atoms with Crippen molar-refractivity contribution in [2.24, 2.45) is 0 Å². The van der Waals surface area contributed by atoms with Crippen LogP contribution in [-0.4, -0.2) is 46.8 Å². The van der Waals surface area contributed by atoms with E-state index in [-0.39, 0.29) is 11.3 Å². The zero-order chi connectivity index (χ0) is 14.5. The normalized spacial score (nSPS) is 10.9. The van der Waals surface area contributed by atoms with Gasteiger partial charge in [-0.15, -0.1) is 0 Å². The molecule has 0 saturated carbocycles. The van der Waals surface area contributed by atoms with Crippen LogP contribution in [-0.2, 0) is 0 Å². The van der Waals surface area contributed by atoms with Crippen LogP contribution in [0, 0.1) is 11.3 Å². The third kappa shape index (κ3) is 4.56. The molecular formula is C11H10F3N3O2. The van der Waals surface area contributed by atoms with Gasteiger partial charge in [-0.2, -0.15) is 18.4 Å². The van der Waals surface area contributed by atoms with Gasteiger partial charge in [0.25, 0.3) is 5.91 Å². The van der Waals surface area contributed by atoms with E-state index in [1.165, 1.54) is 12.1 Å². The minimum Gasteiger partial charge on any atom is -0.395 e. The smallest absolute Gasteiger partial charge is 0.395 e. The number of aliphatic hydroxyl groups is 1. The maximum absolute atomic E-state index is 12.3. The molecule has 0 spiro atoms. The molecule has 1 N–H and O–H groups in total. The molecule has 19 heavy (non-hydrogen) atoms. The Morgan fingerprint density at radius 3 is 2.58 bits per heavy atom. The van der Waals surface area contributed by atoms with Crippen LogP contribution in [0.15, 0.2) is 18.3 Å². The molecule has 0 bridgehead atoms. The summed E-state index contributed by atoms with van der Waals surface area (Å²) in [6.45, 7) is -2.49. The number of alkyl halides is 3. The largest absolute Gasteiger partial charge is 0.406 e. The number of aromatic nitrogens is 1. The van der Waals surface area contributed by atoms with E-state index in [1.54, 1.807) is 6.07 Å². The molecule has 0 aromatic carbocycles. The summed E-state index contributed by atoms with van der Waals surface area (Å²) in [5.41, 5.74) is -0.0159. The van der Waals surface area contributed by atoms with E-state index < -0.39 is 31.8 Å². The quantitative estimate of drug-likeness (QED) is 0.886. The molecule has 0 aliphatic heterocycles. The maximum Gasteiger partial charge on any atom is 0.406 e. The number of pyridine rings is 1. The highest BCUT2D eigenvalue weighted by Crippen LogP contribution is 2.17. The zero-order valence-electron chi connectivity index (χ0n) is 9.68. The van der Waals surface area contributed by atoms with Gasteiger partial charge in [-0.25, -0.2) is 4.98 Å². The standard InChI is InChI=1S/C11H10F3N3O2/c12-11(13,14)7-17(3-4-18)10(19)9-2-1-8(5-15)6-16-9/h1-2,6,18H,3-4,7H2. The molecule has 1 amide bonds. The van der Waals surface area contributed by atoms with E-state index in [1.807, 2.05) is 0 Å². The van der Waals surface area contributed by atoms with Crippen molar-refractivity contribution in [1.29, 1.82) is 5.26 Å². The number of hydrogen-bond donors (Lipinski definition) is 1. The first-order chi connectivity index (χ1) is 8.87. The van der Waals surface area contributed by atoms with Crippen LogP contribution in [0.3, 0.4) is 0 Å². The predicted molar refractivity (Wildman–Crippen MR) is 58.0 cm³/mol. The third-order valence-corrected chi connectivity index (χ3v) is 2.14. The SMILES string of the molecule is N#Cc1ccc(C(=O)N(CCO)CC(F)(F)F)nc1. The number of amides is 1. The van der Waals surface area contributed by atoms with E-state index in [2.05, 4.69) is 4.98 Å². The summed E-state index contributed by atoms with van der Waals surface area (Å²) in [7, 11) is 0. The van der Waals surface area contributed by atoms with Gasteiger partial charge in [0.1, 0.15) is 18.3 Å². The second-order valence-electron chi connectivity index (χ2n) is 3.61. The van der Waals surface area contributed by atoms with Gasteiger partial charge in [0.15, 0.2) is 0 Å². The van der Waals surface area contributed by atoms with Crippen LogP contribution in [0.1, 0.15) is 16.1 Å². The van der Waals surface area contributed by atoms with Gasteiger partial charge < -0.3 is 10.0 Å². The minimum atomic E-state index is -4.56. The summed E-state index contributed by atoms with van der Waals surface area (Å²) in [4.78, 5) is 15.9. The van der Waals surface area contributed by atoms with Crippen LogP contribution in [0.25, 0.3) is 0 Å². The summed E-state index contributed by atoms with van der Waals surface area (Å²) in [5.74, 6) is -0.948. The molecule has 1 rings (SSSR count). The van der Waals surface area contributed by atoms with Crippen LogP contribution < -0.4 is 0 Å². The Bertz CT molecular complexity index is 479. The molecule has 0 unspecified atom stereocenters. The number of rotatable bonds is 4. The van der Waals surface area contributed by atoms with Crippen molar-refractivity contribution in [1.82, 2.24) is 9.88 Å². The molecule has 0 saturated heterocycles. The second-order valence-corrected chi connectivity index (χ2v) is 3.61. The number of nitriles is 1. The van der Waals surface area contributed by atoms with Crippen molar-refractivity contribution in [3.63, 3.8) is 0 Å². The lowest BCUT2D eigenvalue weighted by Gasteiger charge is -2.22. The van der Waals surface area contributed by atoms with Crippen molar-refractivity contribution in [2.45, 2.75) is 6.18 Å². The first kappa shape index (κ1) is 14.9. The van der Waals surface area contributed by atoms with Crippen molar-refractivity contribution in [3.05, 3.63) is 29.6 Å². The first-order valence-corrected chi connectivity index (χ1v) is 5.20. The van der Waals surface area contributed by atoms with E-state index in [0.717, 1.165) is 6.20 Å². The minimum absolute atomic E-state index is 0.195. The number of nitrogens with zero attached hydrogens (tertiary/aromatic N) is 3. The zero-order valence-corrected chi connectivity index (χ0v) is 9.68. The van der Waals surface area contributed by atoms with Crippen LogP contribution >= 0.6 is 0 Å². The van der Waals surface area contributed by atoms with Gasteiger partial charge in [0.05, 0.1) is 12.2 Å². The van der Waals surface area contributed by atoms with Gasteiger partial charge >= 0.3 is 6.18 Å². The average Bonchev–Trinajstić information content (AvgIpc) is 2.36. The molecule has 8 heteroatoms. The van der Waals surface area contributed by atoms with Gasteiger partial charge in [0, 0.05) is 12.7 Å². The fourth-order valence-corrected chi connectivity index (χ4v) is 1.34. The Morgan fingerprint density at radius 2 is 2.16 bits per heavy atom. The molecule has 1 heterocycles. The second kappa shape index (κ2) is 6.15. The lowest BCUT2D eigenvalue weighted by molar-refractivity contribution is -0.141. The lowest BCUT2D eigenvalue weighted by atomic mass is 10.2. The summed E-state index contributed by atoms with van der Waals surface area (Å²) >= 11 is 0. The lowest BCUT2D eigenvalue weighted by Crippen LogP contribution is -2.41. The van der Waals surface area contributed by atoms with E-state index in [4.69, 9.17) is 10.4 Å². The number of hydrogen-bond acceptors (Lipinski definition) is 4. The average molecular weight is 273 g/mol. The Balaban J connectivity index is 2.89. The Morgan fingerprint density at radius 1 is 1.47 bits per heavy atom. The van der Waals surface area contributed by atoms with Crippen molar-refractivity contribution >= 4 is 5.91 Å². The molecule has 0 aliphatic rings. The van der Waals surface area contributed by atoms with Crippen molar-refractivity contribution in [2.75, 3.05) is 19.7 Å². The van der Waals surface area contributed by atoms with E-state index in [9.17, 15) is 18.0 Å². The first-order valence-electron chi connectivity index (χ1n) is 5.20. The van der Waals surface area contributed by atoms with Gasteiger partial charge in [0.2, 0.25) is 0 Å². The molecule has 0 radical (unpaired) electrons. The Hall–Kier alpha value is -2.14. The van der Waals surface area contributed by atoms with Crippen LogP contribution in [0.2, 0.25) is 0 Å². The highest BCUT2D eigenvalue weighted by molar-refractivity contribution is 5.92. The summed E-state index contributed by atoms with van der Waals surface area (Å²) in [5, 5.41) is 17.2. The number of carbonyl (C=O) groups excluding carboxylic acids is 1. The molecule has 0 atom stereocenters. The molecule has 0 aliphatic carbocycles. The Labute approximate surface area is 106 Å². The van der Waals surface area contributed by atoms with Crippen LogP contribution in [0.5, 0.6) is 0 Å². The third-order valence-electron chi connectivity index (χ3n) is 2.14. The molecular weight excluding hydrogens is 263 g/mol. The number of halogens is 3. The highest BCUT2D eigenvalue weighted by atomic mass is 19.4. The number of aliphatic hydroxyl groups excluding tert-OH is 1. The monoisotopic (exact) mass is 273 g/mol. The van der Waals surface area contributed by atoms with Crippen molar-refractivity contribution in [3.8, 4) is 6.07 Å². The molecule has 0 fully saturated rings. The molecule has 5 nitrogen and oxygen atoms in total. The fourth-order valence-electron chi connectivity index (χ4n) is 1.34. The molecule has 1 aromatic rings. The van der Waals surface area contributed by atoms with Gasteiger partial charge in [-0.1, -0.05) is 0 Å². The number of carbonyl (C=O) groups is 1. The predicted octanol–water partition coefficient (Wildman–Crippen LogP) is 0.950. The topological polar surface area (TPSA) is 77.2 Å². The summed E-state index contributed by atoms with van der Waals surface area (Å²) in [6, 6.07) is 4.23.